The second-order valence-electron chi connectivity index (χ2n) is 6.17. The normalized spacial score (nSPS) is 20.6. The second kappa shape index (κ2) is 5.82. The number of fused-ring (bicyclic) bond motifs is 4. The van der Waals surface area contributed by atoms with E-state index in [9.17, 15) is 0 Å². The number of rotatable bonds is 3. The molecule has 5 heteroatoms. The van der Waals surface area contributed by atoms with Crippen LogP contribution in [0.2, 0.25) is 0 Å². The number of hydrogen-bond acceptors (Lipinski definition) is 5. The number of ether oxygens (including phenoxy) is 4. The van der Waals surface area contributed by atoms with E-state index in [-0.39, 0.29) is 6.04 Å². The van der Waals surface area contributed by atoms with E-state index in [1.165, 1.54) is 5.56 Å². The van der Waals surface area contributed by atoms with Crippen LogP contribution < -0.4 is 24.3 Å². The Morgan fingerprint density at radius 2 is 1.79 bits per heavy atom. The van der Waals surface area contributed by atoms with E-state index in [0.717, 1.165) is 40.7 Å². The molecule has 4 rings (SSSR count). The van der Waals surface area contributed by atoms with E-state index in [4.69, 9.17) is 18.9 Å². The van der Waals surface area contributed by atoms with Crippen molar-refractivity contribution in [1.29, 1.82) is 0 Å². The molecule has 0 aromatic heterocycles. The van der Waals surface area contributed by atoms with Crippen molar-refractivity contribution in [3.8, 4) is 23.0 Å². The number of benzene rings is 2. The Bertz CT molecular complexity index is 774. The van der Waals surface area contributed by atoms with Gasteiger partial charge < -0.3 is 24.3 Å². The van der Waals surface area contributed by atoms with Gasteiger partial charge in [0.25, 0.3) is 0 Å². The fourth-order valence-corrected chi connectivity index (χ4v) is 3.62. The summed E-state index contributed by atoms with van der Waals surface area (Å²) in [5, 5.41) is 3.66. The SMILES string of the molecule is COc1ccc2c(c1)C1Nc3cc(OC)c(OC)cc3CC1CO2. The highest BCUT2D eigenvalue weighted by molar-refractivity contribution is 5.64. The van der Waals surface area contributed by atoms with Crippen LogP contribution in [0.1, 0.15) is 17.2 Å². The van der Waals surface area contributed by atoms with Gasteiger partial charge in [0.2, 0.25) is 0 Å². The van der Waals surface area contributed by atoms with Gasteiger partial charge in [-0.1, -0.05) is 0 Å². The van der Waals surface area contributed by atoms with Gasteiger partial charge in [0.15, 0.2) is 11.5 Å². The van der Waals surface area contributed by atoms with E-state index in [1.807, 2.05) is 18.2 Å². The molecule has 2 aliphatic heterocycles. The average molecular weight is 327 g/mol. The summed E-state index contributed by atoms with van der Waals surface area (Å²) in [5.74, 6) is 3.64. The summed E-state index contributed by atoms with van der Waals surface area (Å²) in [7, 11) is 5.00. The highest BCUT2D eigenvalue weighted by atomic mass is 16.5. The van der Waals surface area contributed by atoms with Gasteiger partial charge in [0.05, 0.1) is 34.0 Å². The van der Waals surface area contributed by atoms with Gasteiger partial charge in [-0.2, -0.15) is 0 Å². The van der Waals surface area contributed by atoms with Gasteiger partial charge in [0, 0.05) is 23.2 Å². The fraction of sp³-hybridized carbons (Fsp3) is 0.368. The number of anilines is 1. The Hall–Kier alpha value is -2.56. The summed E-state index contributed by atoms with van der Waals surface area (Å²) < 4.78 is 22.2. The zero-order valence-electron chi connectivity index (χ0n) is 14.1. The number of methoxy groups -OCH3 is 3. The van der Waals surface area contributed by atoms with Crippen LogP contribution in [0.3, 0.4) is 0 Å². The maximum atomic E-state index is 5.96. The standard InChI is InChI=1S/C19H21NO4/c1-21-13-4-5-16-14(8-13)19-12(10-24-16)6-11-7-17(22-2)18(23-3)9-15(11)20-19/h4-5,7-9,12,19-20H,6,10H2,1-3H3. The minimum absolute atomic E-state index is 0.203. The third-order valence-electron chi connectivity index (χ3n) is 4.88. The lowest BCUT2D eigenvalue weighted by Gasteiger charge is -2.39. The summed E-state index contributed by atoms with van der Waals surface area (Å²) >= 11 is 0. The minimum atomic E-state index is 0.203. The van der Waals surface area contributed by atoms with Crippen molar-refractivity contribution in [2.24, 2.45) is 5.92 Å². The molecular formula is C19H21NO4. The largest absolute Gasteiger partial charge is 0.497 e. The zero-order chi connectivity index (χ0) is 16.7. The first-order chi connectivity index (χ1) is 11.7. The van der Waals surface area contributed by atoms with Crippen LogP contribution in [0.25, 0.3) is 0 Å². The Morgan fingerprint density at radius 3 is 2.54 bits per heavy atom. The molecule has 0 spiro atoms. The first kappa shape index (κ1) is 15.0. The summed E-state index contributed by atoms with van der Waals surface area (Å²) in [6.07, 6.45) is 0.935. The topological polar surface area (TPSA) is 49.0 Å². The van der Waals surface area contributed by atoms with E-state index in [2.05, 4.69) is 17.4 Å². The summed E-state index contributed by atoms with van der Waals surface area (Å²) in [6.45, 7) is 0.699. The van der Waals surface area contributed by atoms with Crippen molar-refractivity contribution in [3.63, 3.8) is 0 Å². The molecular weight excluding hydrogens is 306 g/mol. The lowest BCUT2D eigenvalue weighted by atomic mass is 9.82. The molecule has 2 heterocycles. The maximum absolute atomic E-state index is 5.96. The molecule has 0 bridgehead atoms. The molecule has 2 atom stereocenters. The first-order valence-corrected chi connectivity index (χ1v) is 8.05. The summed E-state index contributed by atoms with van der Waals surface area (Å²) in [6, 6.07) is 10.2. The van der Waals surface area contributed by atoms with Gasteiger partial charge in [0.1, 0.15) is 11.5 Å². The fourth-order valence-electron chi connectivity index (χ4n) is 3.62. The highest BCUT2D eigenvalue weighted by Gasteiger charge is 2.36. The molecule has 2 aliphatic rings. The molecule has 0 fully saturated rings. The maximum Gasteiger partial charge on any atom is 0.162 e. The molecule has 0 saturated carbocycles. The van der Waals surface area contributed by atoms with Gasteiger partial charge in [-0.15, -0.1) is 0 Å². The predicted molar refractivity (Wildman–Crippen MR) is 91.6 cm³/mol. The monoisotopic (exact) mass is 327 g/mol. The van der Waals surface area contributed by atoms with Crippen LogP contribution in [0.15, 0.2) is 30.3 Å². The predicted octanol–water partition coefficient (Wildman–Crippen LogP) is 3.43. The quantitative estimate of drug-likeness (QED) is 0.936. The molecule has 2 aromatic carbocycles. The third-order valence-corrected chi connectivity index (χ3v) is 4.88. The zero-order valence-corrected chi connectivity index (χ0v) is 14.1. The molecule has 2 aromatic rings. The Labute approximate surface area is 141 Å². The Morgan fingerprint density at radius 1 is 1.00 bits per heavy atom. The average Bonchev–Trinajstić information content (AvgIpc) is 2.64. The molecule has 0 amide bonds. The van der Waals surface area contributed by atoms with Crippen LogP contribution in [-0.2, 0) is 6.42 Å². The smallest absolute Gasteiger partial charge is 0.162 e. The van der Waals surface area contributed by atoms with E-state index < -0.39 is 0 Å². The van der Waals surface area contributed by atoms with E-state index in [0.29, 0.717) is 12.5 Å². The minimum Gasteiger partial charge on any atom is -0.497 e. The van der Waals surface area contributed by atoms with Gasteiger partial charge in [-0.05, 0) is 36.2 Å². The van der Waals surface area contributed by atoms with Crippen molar-refractivity contribution in [2.45, 2.75) is 12.5 Å². The molecule has 126 valence electrons. The second-order valence-corrected chi connectivity index (χ2v) is 6.17. The van der Waals surface area contributed by atoms with Crippen molar-refractivity contribution < 1.29 is 18.9 Å². The van der Waals surface area contributed by atoms with Crippen molar-refractivity contribution in [1.82, 2.24) is 0 Å². The molecule has 5 nitrogen and oxygen atoms in total. The molecule has 24 heavy (non-hydrogen) atoms. The molecule has 0 radical (unpaired) electrons. The first-order valence-electron chi connectivity index (χ1n) is 8.05. The van der Waals surface area contributed by atoms with Crippen LogP contribution in [0, 0.1) is 5.92 Å². The van der Waals surface area contributed by atoms with Gasteiger partial charge in [-0.25, -0.2) is 0 Å². The van der Waals surface area contributed by atoms with Crippen LogP contribution >= 0.6 is 0 Å². The van der Waals surface area contributed by atoms with Crippen molar-refractivity contribution in [3.05, 3.63) is 41.5 Å². The Balaban J connectivity index is 1.74. The number of hydrogen-bond donors (Lipinski definition) is 1. The number of nitrogens with one attached hydrogen (secondary N) is 1. The molecule has 2 unspecified atom stereocenters. The van der Waals surface area contributed by atoms with Crippen LogP contribution in [-0.4, -0.2) is 27.9 Å². The van der Waals surface area contributed by atoms with Crippen LogP contribution in [0.4, 0.5) is 5.69 Å². The van der Waals surface area contributed by atoms with Crippen LogP contribution in [0.5, 0.6) is 23.0 Å². The van der Waals surface area contributed by atoms with Gasteiger partial charge in [-0.3, -0.25) is 0 Å². The summed E-state index contributed by atoms with van der Waals surface area (Å²) in [4.78, 5) is 0. The lowest BCUT2D eigenvalue weighted by molar-refractivity contribution is 0.196. The Kier molecular flexibility index (Phi) is 3.63. The third kappa shape index (κ3) is 2.31. The molecule has 0 saturated heterocycles. The van der Waals surface area contributed by atoms with E-state index >= 15 is 0 Å². The van der Waals surface area contributed by atoms with E-state index in [1.54, 1.807) is 21.3 Å². The highest BCUT2D eigenvalue weighted by Crippen LogP contribution is 2.46. The lowest BCUT2D eigenvalue weighted by Crippen LogP contribution is -2.35. The molecule has 1 N–H and O–H groups in total. The van der Waals surface area contributed by atoms with Gasteiger partial charge >= 0.3 is 0 Å². The molecule has 0 aliphatic carbocycles. The van der Waals surface area contributed by atoms with Crippen molar-refractivity contribution >= 4 is 5.69 Å². The summed E-state index contributed by atoms with van der Waals surface area (Å²) in [5.41, 5.74) is 3.46. The van der Waals surface area contributed by atoms with Crippen molar-refractivity contribution in [2.75, 3.05) is 33.3 Å².